The molecule has 0 bridgehead atoms. The van der Waals surface area contributed by atoms with E-state index >= 15 is 0 Å². The highest BCUT2D eigenvalue weighted by atomic mass is 16.5. The van der Waals surface area contributed by atoms with Crippen molar-refractivity contribution in [1.82, 2.24) is 5.32 Å². The van der Waals surface area contributed by atoms with Crippen molar-refractivity contribution in [2.24, 2.45) is 0 Å². The Morgan fingerprint density at radius 2 is 0.699 bits per heavy atom. The summed E-state index contributed by atoms with van der Waals surface area (Å²) in [4.78, 5) is 24.5. The number of nitrogens with one attached hydrogen (secondary N) is 1. The molecule has 0 aromatic rings. The van der Waals surface area contributed by atoms with Gasteiger partial charge < -0.3 is 20.3 Å². The number of esters is 1. The summed E-state index contributed by atoms with van der Waals surface area (Å²) in [5, 5.41) is 23.4. The van der Waals surface area contributed by atoms with Gasteiger partial charge in [0.1, 0.15) is 0 Å². The van der Waals surface area contributed by atoms with Crippen LogP contribution < -0.4 is 5.32 Å². The third-order valence-corrected chi connectivity index (χ3v) is 15.2. The molecule has 73 heavy (non-hydrogen) atoms. The van der Waals surface area contributed by atoms with Gasteiger partial charge in [-0.1, -0.05) is 301 Å². The Morgan fingerprint density at radius 3 is 1.10 bits per heavy atom. The lowest BCUT2D eigenvalue weighted by atomic mass is 10.0. The van der Waals surface area contributed by atoms with Gasteiger partial charge in [0.25, 0.3) is 0 Å². The summed E-state index contributed by atoms with van der Waals surface area (Å²) in [6, 6.07) is -0.547. The largest absolute Gasteiger partial charge is 0.466 e. The summed E-state index contributed by atoms with van der Waals surface area (Å²) in [6.45, 7) is 4.93. The van der Waals surface area contributed by atoms with Crippen LogP contribution in [0.25, 0.3) is 0 Å². The predicted octanol–water partition coefficient (Wildman–Crippen LogP) is 20.8. The van der Waals surface area contributed by atoms with Gasteiger partial charge in [-0.25, -0.2) is 0 Å². The highest BCUT2D eigenvalue weighted by Gasteiger charge is 2.20. The van der Waals surface area contributed by atoms with Crippen LogP contribution in [-0.2, 0) is 14.3 Å². The van der Waals surface area contributed by atoms with E-state index in [4.69, 9.17) is 4.74 Å². The lowest BCUT2D eigenvalue weighted by Crippen LogP contribution is -2.45. The van der Waals surface area contributed by atoms with Crippen LogP contribution in [0.5, 0.6) is 0 Å². The fraction of sp³-hybridized carbons (Fsp3) is 0.881. The minimum atomic E-state index is -0.669. The maximum atomic E-state index is 12.5. The van der Waals surface area contributed by atoms with Crippen molar-refractivity contribution in [3.05, 3.63) is 36.5 Å². The third-order valence-electron chi connectivity index (χ3n) is 15.2. The molecule has 0 heterocycles. The molecule has 0 aromatic heterocycles. The number of aliphatic hydroxyl groups is 2. The second kappa shape index (κ2) is 62.6. The lowest BCUT2D eigenvalue weighted by molar-refractivity contribution is -0.143. The summed E-state index contributed by atoms with van der Waals surface area (Å²) >= 11 is 0. The van der Waals surface area contributed by atoms with Crippen LogP contribution in [0.1, 0.15) is 354 Å². The molecule has 6 nitrogen and oxygen atoms in total. The number of hydrogen-bond acceptors (Lipinski definition) is 5. The molecule has 2 atom stereocenters. The lowest BCUT2D eigenvalue weighted by Gasteiger charge is -2.22. The molecular weight excluding hydrogens is 899 g/mol. The molecule has 0 spiro atoms. The van der Waals surface area contributed by atoms with Crippen LogP contribution in [0, 0.1) is 0 Å². The fourth-order valence-electron chi connectivity index (χ4n) is 10.1. The van der Waals surface area contributed by atoms with Crippen LogP contribution >= 0.6 is 0 Å². The highest BCUT2D eigenvalue weighted by molar-refractivity contribution is 5.76. The summed E-state index contributed by atoms with van der Waals surface area (Å²) in [7, 11) is 0. The number of aliphatic hydroxyl groups excluding tert-OH is 2. The maximum Gasteiger partial charge on any atom is 0.305 e. The molecule has 0 aliphatic rings. The van der Waals surface area contributed by atoms with E-state index in [0.29, 0.717) is 25.9 Å². The Bertz CT molecular complexity index is 1180. The van der Waals surface area contributed by atoms with Gasteiger partial charge in [0.15, 0.2) is 0 Å². The average Bonchev–Trinajstić information content (AvgIpc) is 3.39. The standard InChI is InChI=1S/C67H127NO5/c1-3-5-7-9-11-13-15-16-17-18-19-27-30-33-36-40-43-47-51-55-59-65(70)64(63-69)68-66(71)60-56-52-48-44-41-37-34-31-28-25-23-21-20-22-24-26-29-32-35-38-42-46-50-54-58-62-73-67(72)61-57-53-49-45-39-14-12-10-8-6-4-2/h10,12,21-24,64-65,69-70H,3-9,11,13-20,25-63H2,1-2H3,(H,68,71)/b12-10-,23-21-,24-22-. The Balaban J connectivity index is 3.44. The van der Waals surface area contributed by atoms with Gasteiger partial charge in [-0.05, 0) is 77.0 Å². The first-order chi connectivity index (χ1) is 36.0. The number of carbonyl (C=O) groups is 2. The quantitative estimate of drug-likeness (QED) is 0.0320. The number of allylic oxidation sites excluding steroid dienone is 6. The van der Waals surface area contributed by atoms with Gasteiger partial charge in [-0.2, -0.15) is 0 Å². The molecule has 0 rings (SSSR count). The Labute approximate surface area is 455 Å². The Morgan fingerprint density at radius 1 is 0.384 bits per heavy atom. The smallest absolute Gasteiger partial charge is 0.305 e. The second-order valence-electron chi connectivity index (χ2n) is 22.4. The molecule has 3 N–H and O–H groups in total. The predicted molar refractivity (Wildman–Crippen MR) is 319 cm³/mol. The normalized spacial score (nSPS) is 12.8. The zero-order valence-electron chi connectivity index (χ0n) is 49.1. The van der Waals surface area contributed by atoms with Crippen LogP contribution in [0.4, 0.5) is 0 Å². The van der Waals surface area contributed by atoms with Crippen molar-refractivity contribution < 1.29 is 24.5 Å². The monoisotopic (exact) mass is 1030 g/mol. The average molecular weight is 1030 g/mol. The number of carbonyl (C=O) groups excluding carboxylic acids is 2. The van der Waals surface area contributed by atoms with Gasteiger partial charge in [0, 0.05) is 12.8 Å². The number of amides is 1. The van der Waals surface area contributed by atoms with E-state index in [1.165, 1.54) is 270 Å². The molecule has 430 valence electrons. The molecule has 0 saturated heterocycles. The van der Waals surface area contributed by atoms with Crippen molar-refractivity contribution in [2.45, 2.75) is 366 Å². The summed E-state index contributed by atoms with van der Waals surface area (Å²) in [6.07, 6.45) is 78.8. The van der Waals surface area contributed by atoms with Crippen molar-refractivity contribution in [2.75, 3.05) is 13.2 Å². The first kappa shape index (κ1) is 71.1. The van der Waals surface area contributed by atoms with Crippen molar-refractivity contribution >= 4 is 11.9 Å². The molecule has 1 amide bonds. The first-order valence-corrected chi connectivity index (χ1v) is 32.7. The van der Waals surface area contributed by atoms with Crippen LogP contribution in [0.15, 0.2) is 36.5 Å². The van der Waals surface area contributed by atoms with E-state index in [1.807, 2.05) is 0 Å². The van der Waals surface area contributed by atoms with Crippen molar-refractivity contribution in [1.29, 1.82) is 0 Å². The summed E-state index contributed by atoms with van der Waals surface area (Å²) < 4.78 is 5.46. The van der Waals surface area contributed by atoms with E-state index < -0.39 is 12.1 Å². The van der Waals surface area contributed by atoms with E-state index in [-0.39, 0.29) is 18.5 Å². The molecule has 0 radical (unpaired) electrons. The number of unbranched alkanes of at least 4 members (excludes halogenated alkanes) is 44. The van der Waals surface area contributed by atoms with E-state index in [0.717, 1.165) is 51.4 Å². The fourth-order valence-corrected chi connectivity index (χ4v) is 10.1. The molecule has 0 aliphatic carbocycles. The molecule has 6 heteroatoms. The second-order valence-corrected chi connectivity index (χ2v) is 22.4. The molecule has 0 saturated carbocycles. The third kappa shape index (κ3) is 59.2. The van der Waals surface area contributed by atoms with Gasteiger partial charge in [0.05, 0.1) is 25.4 Å². The van der Waals surface area contributed by atoms with Crippen molar-refractivity contribution in [3.8, 4) is 0 Å². The zero-order valence-corrected chi connectivity index (χ0v) is 49.1. The van der Waals surface area contributed by atoms with E-state index in [1.54, 1.807) is 0 Å². The minimum absolute atomic E-state index is 0.00192. The molecule has 0 aliphatic heterocycles. The van der Waals surface area contributed by atoms with Gasteiger partial charge in [0.2, 0.25) is 5.91 Å². The number of ether oxygens (including phenoxy) is 1. The topological polar surface area (TPSA) is 95.9 Å². The van der Waals surface area contributed by atoms with Gasteiger partial charge in [-0.3, -0.25) is 9.59 Å². The molecule has 0 aromatic carbocycles. The number of hydrogen-bond donors (Lipinski definition) is 3. The SMILES string of the molecule is CCCC/C=C\CCCCCCCC(=O)OCCCCCCCCCCC/C=C\C/C=C\CCCCCCCCCCCC(=O)NC(CO)C(O)CCCCCCCCCCCCCCCCCCCCCC. The van der Waals surface area contributed by atoms with Gasteiger partial charge >= 0.3 is 5.97 Å². The highest BCUT2D eigenvalue weighted by Crippen LogP contribution is 2.18. The molecule has 0 fully saturated rings. The number of rotatable bonds is 61. The van der Waals surface area contributed by atoms with Crippen LogP contribution in [0.2, 0.25) is 0 Å². The molecular formula is C67H127NO5. The van der Waals surface area contributed by atoms with Crippen molar-refractivity contribution in [3.63, 3.8) is 0 Å². The van der Waals surface area contributed by atoms with E-state index in [9.17, 15) is 19.8 Å². The summed E-state index contributed by atoms with van der Waals surface area (Å²) in [5.41, 5.74) is 0. The Hall–Kier alpha value is -1.92. The minimum Gasteiger partial charge on any atom is -0.466 e. The van der Waals surface area contributed by atoms with Crippen LogP contribution in [0.3, 0.4) is 0 Å². The van der Waals surface area contributed by atoms with E-state index in [2.05, 4.69) is 55.6 Å². The molecule has 2 unspecified atom stereocenters. The summed E-state index contributed by atoms with van der Waals surface area (Å²) in [5.74, 6) is -0.0400. The first-order valence-electron chi connectivity index (χ1n) is 32.7. The van der Waals surface area contributed by atoms with Crippen LogP contribution in [-0.4, -0.2) is 47.4 Å². The zero-order chi connectivity index (χ0) is 52.9. The maximum absolute atomic E-state index is 12.5. The Kier molecular flexibility index (Phi) is 61.0. The van der Waals surface area contributed by atoms with Gasteiger partial charge in [-0.15, -0.1) is 0 Å².